The number of carbonyl (C=O) groups is 1. The first-order valence-corrected chi connectivity index (χ1v) is 15.0. The van der Waals surface area contributed by atoms with Crippen molar-refractivity contribution in [3.63, 3.8) is 0 Å². The van der Waals surface area contributed by atoms with Gasteiger partial charge in [-0.1, -0.05) is 30.6 Å². The highest BCUT2D eigenvalue weighted by Crippen LogP contribution is 2.51. The summed E-state index contributed by atoms with van der Waals surface area (Å²) < 4.78 is 0. The molecule has 6 heteroatoms. The van der Waals surface area contributed by atoms with Crippen LogP contribution in [0.5, 0.6) is 0 Å². The standard InChI is InChI=1S/C33H39N5O/c1-20-16-26(22-4-3-5-22)28(32-35-29-10-12-37(2)13-11-30(29)36-32)18-25(20)33(39)38-14-8-23(9-15-38)31-24-7-6-21(19-34)17-27(24)31/h6-7,17-18,20,22-24H,3-5,8-16H2,1-2H3,(H,35,36). The van der Waals surface area contributed by atoms with Gasteiger partial charge in [0.1, 0.15) is 5.82 Å². The number of allylic oxidation sites excluding steroid dienone is 9. The summed E-state index contributed by atoms with van der Waals surface area (Å²) in [7, 11) is 2.18. The van der Waals surface area contributed by atoms with Crippen molar-refractivity contribution in [2.75, 3.05) is 33.2 Å². The van der Waals surface area contributed by atoms with E-state index in [1.54, 1.807) is 0 Å². The number of rotatable bonds is 4. The van der Waals surface area contributed by atoms with E-state index >= 15 is 0 Å². The number of nitriles is 1. The number of likely N-dealkylation sites (tertiary alicyclic amines) is 1. The fourth-order valence-corrected chi connectivity index (χ4v) is 7.48. The Balaban J connectivity index is 1.11. The average Bonchev–Trinajstić information content (AvgIpc) is 3.55. The molecule has 2 atom stereocenters. The van der Waals surface area contributed by atoms with Crippen LogP contribution in [0.4, 0.5) is 0 Å². The zero-order valence-corrected chi connectivity index (χ0v) is 23.3. The Morgan fingerprint density at radius 3 is 2.62 bits per heavy atom. The normalized spacial score (nSPS) is 27.8. The molecule has 1 saturated carbocycles. The summed E-state index contributed by atoms with van der Waals surface area (Å²) >= 11 is 0. The molecule has 39 heavy (non-hydrogen) atoms. The van der Waals surface area contributed by atoms with Crippen molar-refractivity contribution in [2.45, 2.75) is 58.3 Å². The molecule has 2 aliphatic heterocycles. The highest BCUT2D eigenvalue weighted by Gasteiger charge is 2.41. The van der Waals surface area contributed by atoms with Crippen LogP contribution in [0.2, 0.25) is 0 Å². The number of nitrogens with one attached hydrogen (secondary N) is 1. The molecule has 2 fully saturated rings. The lowest BCUT2D eigenvalue weighted by molar-refractivity contribution is -0.128. The number of carbonyl (C=O) groups excluding carboxylic acids is 1. The molecule has 1 N–H and O–H groups in total. The van der Waals surface area contributed by atoms with E-state index in [0.29, 0.717) is 17.8 Å². The molecule has 1 aromatic rings. The fraction of sp³-hybridized carbons (Fsp3) is 0.545. The molecule has 0 radical (unpaired) electrons. The quantitative estimate of drug-likeness (QED) is 0.595. The number of aromatic amines is 1. The number of H-pyrrole nitrogens is 1. The van der Waals surface area contributed by atoms with Crippen molar-refractivity contribution in [2.24, 2.45) is 23.7 Å². The molecule has 6 nitrogen and oxygen atoms in total. The van der Waals surface area contributed by atoms with Crippen LogP contribution >= 0.6 is 0 Å². The van der Waals surface area contributed by atoms with E-state index in [0.717, 1.165) is 75.3 Å². The number of aromatic nitrogens is 2. The Hall–Kier alpha value is -3.17. The van der Waals surface area contributed by atoms with Gasteiger partial charge in [0.25, 0.3) is 0 Å². The zero-order valence-electron chi connectivity index (χ0n) is 23.3. The second-order valence-electron chi connectivity index (χ2n) is 12.6. The van der Waals surface area contributed by atoms with Crippen molar-refractivity contribution in [3.05, 3.63) is 69.4 Å². The topological polar surface area (TPSA) is 76.0 Å². The van der Waals surface area contributed by atoms with Gasteiger partial charge in [0.2, 0.25) is 5.91 Å². The smallest absolute Gasteiger partial charge is 0.250 e. The summed E-state index contributed by atoms with van der Waals surface area (Å²) in [5.41, 5.74) is 9.79. The molecule has 0 aromatic carbocycles. The average molecular weight is 522 g/mol. The first-order chi connectivity index (χ1) is 19.0. The second kappa shape index (κ2) is 9.78. The number of imidazole rings is 1. The van der Waals surface area contributed by atoms with Gasteiger partial charge in [0, 0.05) is 61.8 Å². The predicted octanol–water partition coefficient (Wildman–Crippen LogP) is 5.14. The van der Waals surface area contributed by atoms with Gasteiger partial charge in [0.15, 0.2) is 0 Å². The molecule has 6 aliphatic rings. The van der Waals surface area contributed by atoms with Crippen LogP contribution in [0.3, 0.4) is 0 Å². The van der Waals surface area contributed by atoms with E-state index in [2.05, 4.69) is 53.1 Å². The van der Waals surface area contributed by atoms with Gasteiger partial charge >= 0.3 is 0 Å². The van der Waals surface area contributed by atoms with E-state index in [-0.39, 0.29) is 11.8 Å². The van der Waals surface area contributed by atoms with E-state index in [1.165, 1.54) is 52.9 Å². The van der Waals surface area contributed by atoms with Crippen molar-refractivity contribution in [3.8, 4) is 6.07 Å². The highest BCUT2D eigenvalue weighted by atomic mass is 16.2. The summed E-state index contributed by atoms with van der Waals surface area (Å²) in [5, 5.41) is 9.23. The Kier molecular flexibility index (Phi) is 6.23. The van der Waals surface area contributed by atoms with E-state index in [9.17, 15) is 10.1 Å². The van der Waals surface area contributed by atoms with Crippen molar-refractivity contribution >= 4 is 11.5 Å². The number of hydrogen-bond donors (Lipinski definition) is 1. The van der Waals surface area contributed by atoms with Gasteiger partial charge in [-0.2, -0.15) is 5.26 Å². The fourth-order valence-electron chi connectivity index (χ4n) is 7.48. The second-order valence-corrected chi connectivity index (χ2v) is 12.6. The summed E-state index contributed by atoms with van der Waals surface area (Å²) in [4.78, 5) is 27.2. The predicted molar refractivity (Wildman–Crippen MR) is 152 cm³/mol. The Labute approximate surface area is 231 Å². The van der Waals surface area contributed by atoms with Crippen molar-refractivity contribution in [1.82, 2.24) is 19.8 Å². The molecule has 0 spiro atoms. The summed E-state index contributed by atoms with van der Waals surface area (Å²) in [6.45, 7) is 5.97. The van der Waals surface area contributed by atoms with Gasteiger partial charge < -0.3 is 14.8 Å². The molecule has 0 bridgehead atoms. The first-order valence-electron chi connectivity index (χ1n) is 15.0. The third-order valence-electron chi connectivity index (χ3n) is 10.2. The van der Waals surface area contributed by atoms with Gasteiger partial charge in [-0.3, -0.25) is 4.79 Å². The number of nitrogens with zero attached hydrogens (tertiary/aromatic N) is 4. The van der Waals surface area contributed by atoms with E-state index in [4.69, 9.17) is 4.98 Å². The maximum absolute atomic E-state index is 13.9. The third-order valence-corrected chi connectivity index (χ3v) is 10.2. The van der Waals surface area contributed by atoms with Crippen molar-refractivity contribution < 1.29 is 4.79 Å². The maximum atomic E-state index is 13.9. The molecule has 1 saturated heterocycles. The Bertz CT molecular complexity index is 1370. The molecule has 7 rings (SSSR count). The first kappa shape index (κ1) is 24.8. The van der Waals surface area contributed by atoms with Gasteiger partial charge in [-0.25, -0.2) is 4.98 Å². The summed E-state index contributed by atoms with van der Waals surface area (Å²) in [6, 6.07) is 2.27. The van der Waals surface area contributed by atoms with E-state index in [1.807, 2.05) is 6.08 Å². The van der Waals surface area contributed by atoms with Crippen LogP contribution in [0, 0.1) is 35.0 Å². The lowest BCUT2D eigenvalue weighted by atomic mass is 9.71. The van der Waals surface area contributed by atoms with Crippen LogP contribution in [0.15, 0.2) is 52.2 Å². The van der Waals surface area contributed by atoms with Crippen LogP contribution in [-0.4, -0.2) is 58.9 Å². The lowest BCUT2D eigenvalue weighted by Gasteiger charge is -2.37. The van der Waals surface area contributed by atoms with E-state index < -0.39 is 0 Å². The van der Waals surface area contributed by atoms with Gasteiger partial charge in [0.05, 0.1) is 17.3 Å². The SMILES string of the molecule is CC1CC(C2CCC2)=C(c2nc3c([nH]2)CCN(C)CC3)C=C1C(=O)N1CCC(C2=C3C=C(C#N)C=CC32)CC1. The Morgan fingerprint density at radius 1 is 1.08 bits per heavy atom. The van der Waals surface area contributed by atoms with Crippen LogP contribution < -0.4 is 0 Å². The molecule has 1 aromatic heterocycles. The minimum Gasteiger partial charge on any atom is -0.342 e. The molecular weight excluding hydrogens is 482 g/mol. The lowest BCUT2D eigenvalue weighted by Crippen LogP contribution is -2.40. The Morgan fingerprint density at radius 2 is 1.87 bits per heavy atom. The van der Waals surface area contributed by atoms with Gasteiger partial charge in [-0.15, -0.1) is 0 Å². The maximum Gasteiger partial charge on any atom is 0.250 e. The third kappa shape index (κ3) is 4.45. The van der Waals surface area contributed by atoms with Crippen molar-refractivity contribution in [1.29, 1.82) is 5.26 Å². The van der Waals surface area contributed by atoms with Crippen LogP contribution in [-0.2, 0) is 17.6 Å². The largest absolute Gasteiger partial charge is 0.342 e. The molecule has 3 heterocycles. The number of piperidine rings is 1. The van der Waals surface area contributed by atoms with Gasteiger partial charge in [-0.05, 0) is 80.7 Å². The molecule has 1 amide bonds. The molecule has 2 unspecified atom stereocenters. The number of amides is 1. The zero-order chi connectivity index (χ0) is 26.7. The molecular formula is C33H39N5O. The van der Waals surface area contributed by atoms with Crippen LogP contribution in [0.1, 0.15) is 62.7 Å². The highest BCUT2D eigenvalue weighted by molar-refractivity contribution is 5.98. The minimum atomic E-state index is 0.221. The molecule has 4 aliphatic carbocycles. The number of hydrogen-bond acceptors (Lipinski definition) is 4. The number of likely N-dealkylation sites (N-methyl/N-ethyl adjacent to an activating group) is 1. The minimum absolute atomic E-state index is 0.221. The number of fused-ring (bicyclic) bond motifs is 2. The summed E-state index contributed by atoms with van der Waals surface area (Å²) in [6.07, 6.45) is 17.2. The van der Waals surface area contributed by atoms with Crippen LogP contribution in [0.25, 0.3) is 5.57 Å². The molecule has 202 valence electrons. The monoisotopic (exact) mass is 521 g/mol. The summed E-state index contributed by atoms with van der Waals surface area (Å²) in [5.74, 6) is 3.07.